The lowest BCUT2D eigenvalue weighted by Crippen LogP contribution is -2.43. The number of anilines is 1. The van der Waals surface area contributed by atoms with Crippen LogP contribution in [0.4, 0.5) is 14.6 Å². The van der Waals surface area contributed by atoms with E-state index >= 15 is 4.39 Å². The third kappa shape index (κ3) is 8.90. The lowest BCUT2D eigenvalue weighted by Gasteiger charge is -2.36. The molecule has 12 nitrogen and oxygen atoms in total. The number of hydrogen-bond acceptors (Lipinski definition) is 11. The Morgan fingerprint density at radius 3 is 2.67 bits per heavy atom. The fraction of sp³-hybridized carbons (Fsp3) is 0.674. The van der Waals surface area contributed by atoms with Gasteiger partial charge in [0.2, 0.25) is 0 Å². The third-order valence-electron chi connectivity index (χ3n) is 14.2. The molecule has 1 aromatic carbocycles. The van der Waals surface area contributed by atoms with E-state index in [1.54, 1.807) is 6.20 Å². The number of aromatic nitrogens is 5. The predicted octanol–water partition coefficient (Wildman–Crippen LogP) is 9.27. The Balaban J connectivity index is 1.22. The molecule has 4 aliphatic heterocycles. The fourth-order valence-corrected chi connectivity index (χ4v) is 11.0. The summed E-state index contributed by atoms with van der Waals surface area (Å²) in [4.78, 5) is 31.6. The normalized spacial score (nSPS) is 23.9. The van der Waals surface area contributed by atoms with Gasteiger partial charge in [0.1, 0.15) is 29.8 Å². The molecule has 0 radical (unpaired) electrons. The van der Waals surface area contributed by atoms with Crippen molar-refractivity contribution in [3.05, 3.63) is 35.4 Å². The van der Waals surface area contributed by atoms with Gasteiger partial charge in [-0.25, -0.2) is 13.5 Å². The van der Waals surface area contributed by atoms with Gasteiger partial charge in [0, 0.05) is 56.4 Å². The zero-order chi connectivity index (χ0) is 43.1. The standard InChI is InChI=1S/C46H65F2N7O5Si/c1-8-57-38(56)23-31-14-11-18-53(27-31)43-35-25-49-42(40(48)41(35)51-44(52-43)59-29-46-17-13-19-54(46)28-32(47)24-46)39-33(15-12-21-60-61(6,7)45(3,4)5)30(2)22-36-34(39)26-50-55(36)37-16-9-10-20-58-37/h22,25-26,31-32,37H,8-21,23-24,27-29H2,1-7H3/t31?,32-,37?,46+/m1/s1. The Bertz CT molecular complexity index is 2230. The topological polar surface area (TPSA) is 117 Å². The molecule has 332 valence electrons. The Labute approximate surface area is 360 Å². The van der Waals surface area contributed by atoms with Crippen molar-refractivity contribution in [1.29, 1.82) is 0 Å². The number of esters is 1. The highest BCUT2D eigenvalue weighted by molar-refractivity contribution is 6.74. The van der Waals surface area contributed by atoms with Crippen molar-refractivity contribution >= 4 is 41.9 Å². The molecule has 0 aliphatic carbocycles. The summed E-state index contributed by atoms with van der Waals surface area (Å²) in [6, 6.07) is 2.20. The second-order valence-electron chi connectivity index (χ2n) is 19.4. The molecule has 2 unspecified atom stereocenters. The van der Waals surface area contributed by atoms with Crippen molar-refractivity contribution < 1.29 is 32.2 Å². The van der Waals surface area contributed by atoms with Crippen molar-refractivity contribution in [3.63, 3.8) is 0 Å². The number of alkyl halides is 1. The van der Waals surface area contributed by atoms with Crippen LogP contribution in [0, 0.1) is 18.7 Å². The van der Waals surface area contributed by atoms with E-state index < -0.39 is 25.8 Å². The summed E-state index contributed by atoms with van der Waals surface area (Å²) in [5, 5.41) is 6.22. The highest BCUT2D eigenvalue weighted by atomic mass is 28.4. The molecule has 7 heterocycles. The van der Waals surface area contributed by atoms with Crippen LogP contribution in [0.15, 0.2) is 18.5 Å². The van der Waals surface area contributed by atoms with Gasteiger partial charge in [0.25, 0.3) is 0 Å². The summed E-state index contributed by atoms with van der Waals surface area (Å²) in [6.45, 7) is 19.4. The maximum Gasteiger partial charge on any atom is 0.319 e. The van der Waals surface area contributed by atoms with E-state index in [0.717, 1.165) is 79.9 Å². The van der Waals surface area contributed by atoms with Crippen molar-refractivity contribution in [2.75, 3.05) is 57.5 Å². The van der Waals surface area contributed by atoms with Crippen LogP contribution in [0.25, 0.3) is 33.1 Å². The molecule has 0 saturated carbocycles. The first-order valence-corrected chi connectivity index (χ1v) is 25.6. The summed E-state index contributed by atoms with van der Waals surface area (Å²) in [7, 11) is -1.98. The molecule has 4 fully saturated rings. The Morgan fingerprint density at radius 1 is 1.07 bits per heavy atom. The van der Waals surface area contributed by atoms with Crippen LogP contribution in [-0.2, 0) is 25.1 Å². The average Bonchev–Trinajstić information content (AvgIpc) is 3.91. The van der Waals surface area contributed by atoms with Gasteiger partial charge >= 0.3 is 12.0 Å². The van der Waals surface area contributed by atoms with Crippen LogP contribution in [0.5, 0.6) is 6.01 Å². The molecule has 0 amide bonds. The zero-order valence-electron chi connectivity index (χ0n) is 37.3. The van der Waals surface area contributed by atoms with Gasteiger partial charge in [-0.2, -0.15) is 15.1 Å². The average molecular weight is 862 g/mol. The summed E-state index contributed by atoms with van der Waals surface area (Å²) in [5.41, 5.74) is 3.44. The molecule has 0 spiro atoms. The number of pyridine rings is 1. The second kappa shape index (κ2) is 17.8. The van der Waals surface area contributed by atoms with Gasteiger partial charge in [-0.15, -0.1) is 0 Å². The number of hydrogen-bond donors (Lipinski definition) is 0. The summed E-state index contributed by atoms with van der Waals surface area (Å²) in [6.07, 6.45) is 10.9. The SMILES string of the molecule is CCOC(=O)CC1CCCN(c2nc(OC[C@@]34CCCN3C[C@H](F)C4)nc3c(F)c(-c4c(CCCO[Si](C)(C)C(C)(C)C)c(C)cc5c4cnn5C4CCCCO4)ncc23)C1. The summed E-state index contributed by atoms with van der Waals surface area (Å²) >= 11 is 0. The summed E-state index contributed by atoms with van der Waals surface area (Å²) < 4.78 is 59.2. The highest BCUT2D eigenvalue weighted by Crippen LogP contribution is 2.43. The van der Waals surface area contributed by atoms with Gasteiger partial charge in [0.05, 0.1) is 35.7 Å². The molecule has 4 atom stereocenters. The first kappa shape index (κ1) is 43.8. The van der Waals surface area contributed by atoms with Crippen LogP contribution in [0.3, 0.4) is 0 Å². The first-order valence-electron chi connectivity index (χ1n) is 22.7. The predicted molar refractivity (Wildman–Crippen MR) is 236 cm³/mol. The fourth-order valence-electron chi connectivity index (χ4n) is 9.92. The van der Waals surface area contributed by atoms with Crippen molar-refractivity contribution in [3.8, 4) is 17.3 Å². The zero-order valence-corrected chi connectivity index (χ0v) is 38.3. The number of aryl methyl sites for hydroxylation is 1. The molecule has 0 bridgehead atoms. The van der Waals surface area contributed by atoms with Crippen LogP contribution < -0.4 is 9.64 Å². The molecular weight excluding hydrogens is 797 g/mol. The van der Waals surface area contributed by atoms with Crippen molar-refractivity contribution in [2.24, 2.45) is 5.92 Å². The summed E-state index contributed by atoms with van der Waals surface area (Å²) in [5.74, 6) is -0.235. The van der Waals surface area contributed by atoms with Gasteiger partial charge in [0.15, 0.2) is 20.4 Å². The quantitative estimate of drug-likeness (QED) is 0.0686. The molecule has 15 heteroatoms. The highest BCUT2D eigenvalue weighted by Gasteiger charge is 2.49. The van der Waals surface area contributed by atoms with E-state index in [4.69, 9.17) is 38.7 Å². The number of piperidine rings is 1. The van der Waals surface area contributed by atoms with Gasteiger partial charge in [-0.05, 0) is 119 Å². The van der Waals surface area contributed by atoms with Crippen LogP contribution in [0.1, 0.15) is 109 Å². The molecule has 8 rings (SSSR count). The Kier molecular flexibility index (Phi) is 12.8. The van der Waals surface area contributed by atoms with E-state index in [-0.39, 0.29) is 47.0 Å². The van der Waals surface area contributed by atoms with E-state index in [0.29, 0.717) is 75.5 Å². The second-order valence-corrected chi connectivity index (χ2v) is 24.3. The smallest absolute Gasteiger partial charge is 0.319 e. The Morgan fingerprint density at radius 2 is 1.90 bits per heavy atom. The van der Waals surface area contributed by atoms with Crippen molar-refractivity contribution in [1.82, 2.24) is 29.6 Å². The maximum absolute atomic E-state index is 17.9. The minimum atomic E-state index is -1.98. The van der Waals surface area contributed by atoms with Gasteiger partial charge < -0.3 is 23.5 Å². The maximum atomic E-state index is 17.9. The van der Waals surface area contributed by atoms with E-state index in [9.17, 15) is 9.18 Å². The number of nitrogens with zero attached hydrogens (tertiary/aromatic N) is 7. The van der Waals surface area contributed by atoms with E-state index in [1.165, 1.54) is 0 Å². The number of benzene rings is 1. The molecule has 4 aliphatic rings. The molecule has 3 aromatic heterocycles. The number of rotatable bonds is 14. The lowest BCUT2D eigenvalue weighted by atomic mass is 9.91. The van der Waals surface area contributed by atoms with E-state index in [1.807, 2.05) is 17.8 Å². The van der Waals surface area contributed by atoms with Gasteiger partial charge in [-0.3, -0.25) is 14.7 Å². The van der Waals surface area contributed by atoms with Gasteiger partial charge in [-0.1, -0.05) is 20.8 Å². The molecular formula is C46H65F2N7O5Si. The number of carbonyl (C=O) groups excluding carboxylic acids is 1. The Hall–Kier alpha value is -3.79. The number of fused-ring (bicyclic) bond motifs is 3. The largest absolute Gasteiger partial charge is 0.466 e. The minimum absolute atomic E-state index is 0.0404. The number of halogens is 2. The monoisotopic (exact) mass is 861 g/mol. The first-order chi connectivity index (χ1) is 29.2. The van der Waals surface area contributed by atoms with Crippen molar-refractivity contribution in [2.45, 2.75) is 141 Å². The molecule has 0 N–H and O–H groups in total. The lowest BCUT2D eigenvalue weighted by molar-refractivity contribution is -0.144. The van der Waals surface area contributed by atoms with E-state index in [2.05, 4.69) is 56.7 Å². The molecule has 61 heavy (non-hydrogen) atoms. The third-order valence-corrected chi connectivity index (χ3v) is 18.7. The number of ether oxygens (including phenoxy) is 3. The number of carbonyl (C=O) groups is 1. The van der Waals surface area contributed by atoms with Crippen LogP contribution in [0.2, 0.25) is 18.1 Å². The van der Waals surface area contributed by atoms with Crippen LogP contribution >= 0.6 is 0 Å². The van der Waals surface area contributed by atoms with Crippen LogP contribution in [-0.4, -0.2) is 108 Å². The molecule has 4 saturated heterocycles. The molecule has 4 aromatic rings. The minimum Gasteiger partial charge on any atom is -0.466 e.